The Morgan fingerprint density at radius 3 is 2.54 bits per heavy atom. The van der Waals surface area contributed by atoms with Crippen LogP contribution in [-0.2, 0) is 11.8 Å². The van der Waals surface area contributed by atoms with Crippen molar-refractivity contribution < 1.29 is 4.79 Å². The van der Waals surface area contributed by atoms with Crippen LogP contribution in [0.15, 0.2) is 41.6 Å². The highest BCUT2D eigenvalue weighted by Gasteiger charge is 2.45. The molecule has 126 valence electrons. The van der Waals surface area contributed by atoms with Crippen LogP contribution in [0.4, 0.5) is 0 Å². The lowest BCUT2D eigenvalue weighted by Gasteiger charge is -2.38. The number of fused-ring (bicyclic) bond motifs is 1. The third-order valence-electron chi connectivity index (χ3n) is 5.52. The summed E-state index contributed by atoms with van der Waals surface area (Å²) in [5, 5.41) is 1.27. The highest BCUT2D eigenvalue weighted by Crippen LogP contribution is 2.49. The van der Waals surface area contributed by atoms with Crippen LogP contribution in [0.25, 0.3) is 10.9 Å². The van der Waals surface area contributed by atoms with Crippen LogP contribution < -0.4 is 0 Å². The Morgan fingerprint density at radius 1 is 1.08 bits per heavy atom. The Morgan fingerprint density at radius 2 is 1.79 bits per heavy atom. The lowest BCUT2D eigenvalue weighted by molar-refractivity contribution is -0.132. The van der Waals surface area contributed by atoms with E-state index in [0.717, 1.165) is 24.8 Å². The van der Waals surface area contributed by atoms with Gasteiger partial charge in [0.2, 0.25) is 0 Å². The molecule has 0 bridgehead atoms. The summed E-state index contributed by atoms with van der Waals surface area (Å²) in [4.78, 5) is 15.3. The summed E-state index contributed by atoms with van der Waals surface area (Å²) in [5.74, 6) is 0.259. The van der Waals surface area contributed by atoms with Crippen LogP contribution in [0.2, 0.25) is 0 Å². The van der Waals surface area contributed by atoms with E-state index in [2.05, 4.69) is 67.7 Å². The van der Waals surface area contributed by atoms with Crippen molar-refractivity contribution in [2.75, 3.05) is 0 Å². The summed E-state index contributed by atoms with van der Waals surface area (Å²) in [7, 11) is 2.10. The molecule has 1 aromatic heterocycles. The summed E-state index contributed by atoms with van der Waals surface area (Å²) in [6.07, 6.45) is 6.58. The maximum atomic E-state index is 13.2. The fourth-order valence-corrected chi connectivity index (χ4v) is 4.50. The van der Waals surface area contributed by atoms with Crippen LogP contribution in [-0.4, -0.2) is 20.9 Å². The first-order chi connectivity index (χ1) is 11.4. The molecule has 0 saturated heterocycles. The van der Waals surface area contributed by atoms with Gasteiger partial charge >= 0.3 is 0 Å². The third-order valence-corrected chi connectivity index (χ3v) is 5.52. The molecule has 2 aliphatic rings. The van der Waals surface area contributed by atoms with Crippen molar-refractivity contribution in [2.45, 2.75) is 58.0 Å². The van der Waals surface area contributed by atoms with Gasteiger partial charge in [-0.2, -0.15) is 0 Å². The molecule has 0 unspecified atom stereocenters. The zero-order chi connectivity index (χ0) is 17.1. The van der Waals surface area contributed by atoms with Crippen molar-refractivity contribution in [1.29, 1.82) is 0 Å². The van der Waals surface area contributed by atoms with Gasteiger partial charge in [0.1, 0.15) is 0 Å². The van der Waals surface area contributed by atoms with Gasteiger partial charge in [-0.3, -0.25) is 4.79 Å². The Labute approximate surface area is 143 Å². The maximum Gasteiger partial charge on any atom is 0.251 e. The molecule has 4 rings (SSSR count). The molecule has 1 amide bonds. The van der Waals surface area contributed by atoms with E-state index in [-0.39, 0.29) is 17.5 Å². The van der Waals surface area contributed by atoms with E-state index in [1.54, 1.807) is 0 Å². The van der Waals surface area contributed by atoms with Crippen LogP contribution in [0.5, 0.6) is 0 Å². The summed E-state index contributed by atoms with van der Waals surface area (Å²) >= 11 is 0. The normalized spacial score (nSPS) is 21.8. The van der Waals surface area contributed by atoms with Crippen LogP contribution >= 0.6 is 0 Å². The van der Waals surface area contributed by atoms with E-state index in [4.69, 9.17) is 0 Å². The fourth-order valence-electron chi connectivity index (χ4n) is 4.50. The molecule has 0 fully saturated rings. The lowest BCUT2D eigenvalue weighted by Crippen LogP contribution is -2.45. The number of carbonyl (C=O) groups is 1. The predicted octanol–water partition coefficient (Wildman–Crippen LogP) is 4.73. The summed E-state index contributed by atoms with van der Waals surface area (Å²) in [6, 6.07) is 8.63. The molecule has 1 aromatic carbocycles. The number of hydrogen-bond donors (Lipinski definition) is 0. The number of aryl methyl sites for hydroxylation is 1. The largest absolute Gasteiger partial charge is 0.350 e. The molecule has 1 aliphatic heterocycles. The SMILES string of the molecule is Cn1cc([C@@H]2C3=C(CCCC3)C(=O)N2C(C)(C)C)c2ccccc21. The van der Waals surface area contributed by atoms with E-state index in [0.29, 0.717) is 0 Å². The van der Waals surface area contributed by atoms with Gasteiger partial charge in [0.05, 0.1) is 6.04 Å². The van der Waals surface area contributed by atoms with Crippen molar-refractivity contribution in [2.24, 2.45) is 7.05 Å². The molecule has 3 nitrogen and oxygen atoms in total. The summed E-state index contributed by atoms with van der Waals surface area (Å²) in [5.41, 5.74) is 4.80. The van der Waals surface area contributed by atoms with Gasteiger partial charge in [0, 0.05) is 40.8 Å². The number of nitrogens with zero attached hydrogens (tertiary/aromatic N) is 2. The molecule has 0 saturated carbocycles. The number of carbonyl (C=O) groups excluding carboxylic acids is 1. The number of para-hydroxylation sites is 1. The maximum absolute atomic E-state index is 13.2. The van der Waals surface area contributed by atoms with Crippen molar-refractivity contribution in [3.63, 3.8) is 0 Å². The topological polar surface area (TPSA) is 25.2 Å². The predicted molar refractivity (Wildman–Crippen MR) is 97.8 cm³/mol. The minimum atomic E-state index is -0.184. The Balaban J connectivity index is 1.95. The van der Waals surface area contributed by atoms with Gasteiger partial charge in [-0.05, 0) is 58.1 Å². The van der Waals surface area contributed by atoms with Gasteiger partial charge in [-0.25, -0.2) is 0 Å². The first-order valence-corrected chi connectivity index (χ1v) is 8.99. The van der Waals surface area contributed by atoms with E-state index in [9.17, 15) is 4.79 Å². The second-order valence-electron chi connectivity index (χ2n) is 8.17. The second kappa shape index (κ2) is 5.23. The van der Waals surface area contributed by atoms with Gasteiger partial charge in [-0.1, -0.05) is 18.2 Å². The highest BCUT2D eigenvalue weighted by molar-refractivity contribution is 5.99. The molecule has 2 heterocycles. The van der Waals surface area contributed by atoms with Gasteiger partial charge in [-0.15, -0.1) is 0 Å². The number of hydrogen-bond acceptors (Lipinski definition) is 1. The van der Waals surface area contributed by atoms with E-state index >= 15 is 0 Å². The van der Waals surface area contributed by atoms with Gasteiger partial charge in [0.25, 0.3) is 5.91 Å². The van der Waals surface area contributed by atoms with Gasteiger partial charge < -0.3 is 9.47 Å². The molecular weight excluding hydrogens is 296 g/mol. The molecule has 0 radical (unpaired) electrons. The van der Waals surface area contributed by atoms with Crippen LogP contribution in [0.3, 0.4) is 0 Å². The average molecular weight is 322 g/mol. The van der Waals surface area contributed by atoms with Crippen molar-refractivity contribution in [3.05, 3.63) is 47.2 Å². The number of aromatic nitrogens is 1. The highest BCUT2D eigenvalue weighted by atomic mass is 16.2. The smallest absolute Gasteiger partial charge is 0.251 e. The molecular formula is C21H26N2O. The standard InChI is InChI=1S/C21H26N2O/c1-21(2,3)23-19(15-10-5-6-11-16(15)20(23)24)17-13-22(4)18-12-8-7-9-14(17)18/h7-9,12-13,19H,5-6,10-11H2,1-4H3/t19-/m0/s1. The Hall–Kier alpha value is -2.03. The zero-order valence-corrected chi connectivity index (χ0v) is 15.1. The third kappa shape index (κ3) is 2.14. The summed E-state index contributed by atoms with van der Waals surface area (Å²) < 4.78 is 2.19. The van der Waals surface area contributed by atoms with Crippen LogP contribution in [0, 0.1) is 0 Å². The molecule has 3 heteroatoms. The first kappa shape index (κ1) is 15.5. The number of benzene rings is 1. The van der Waals surface area contributed by atoms with E-state index < -0.39 is 0 Å². The molecule has 0 spiro atoms. The minimum absolute atomic E-state index is 0.0962. The van der Waals surface area contributed by atoms with Crippen molar-refractivity contribution in [3.8, 4) is 0 Å². The molecule has 1 atom stereocenters. The zero-order valence-electron chi connectivity index (χ0n) is 15.1. The second-order valence-corrected chi connectivity index (χ2v) is 8.17. The molecule has 2 aromatic rings. The number of amides is 1. The van der Waals surface area contributed by atoms with Crippen molar-refractivity contribution >= 4 is 16.8 Å². The quantitative estimate of drug-likeness (QED) is 0.745. The van der Waals surface area contributed by atoms with Gasteiger partial charge in [0.15, 0.2) is 0 Å². The average Bonchev–Trinajstić information content (AvgIpc) is 3.03. The molecule has 0 N–H and O–H groups in total. The Bertz CT molecular complexity index is 850. The summed E-state index contributed by atoms with van der Waals surface area (Å²) in [6.45, 7) is 6.46. The Kier molecular flexibility index (Phi) is 3.38. The number of rotatable bonds is 1. The van der Waals surface area contributed by atoms with E-state index in [1.165, 1.54) is 28.5 Å². The molecule has 24 heavy (non-hydrogen) atoms. The fraction of sp³-hybridized carbons (Fsp3) is 0.476. The van der Waals surface area contributed by atoms with Crippen molar-refractivity contribution in [1.82, 2.24) is 9.47 Å². The van der Waals surface area contributed by atoms with Crippen LogP contribution in [0.1, 0.15) is 58.1 Å². The monoisotopic (exact) mass is 322 g/mol. The molecule has 1 aliphatic carbocycles. The minimum Gasteiger partial charge on any atom is -0.350 e. The first-order valence-electron chi connectivity index (χ1n) is 8.99. The lowest BCUT2D eigenvalue weighted by atomic mass is 9.87. The van der Waals surface area contributed by atoms with E-state index in [1.807, 2.05) is 0 Å².